The number of ether oxygens (including phenoxy) is 1. The predicted molar refractivity (Wildman–Crippen MR) is 72.0 cm³/mol. The molecule has 0 fully saturated rings. The van der Waals surface area contributed by atoms with E-state index in [4.69, 9.17) is 9.84 Å². The first-order chi connectivity index (χ1) is 9.19. The van der Waals surface area contributed by atoms with Crippen molar-refractivity contribution in [1.29, 1.82) is 0 Å². The van der Waals surface area contributed by atoms with Gasteiger partial charge in [-0.15, -0.1) is 0 Å². The second-order valence-corrected chi connectivity index (χ2v) is 4.48. The first-order valence-corrected chi connectivity index (χ1v) is 6.26. The van der Waals surface area contributed by atoms with Crippen molar-refractivity contribution in [3.63, 3.8) is 0 Å². The minimum absolute atomic E-state index is 0.0369. The molecule has 0 spiro atoms. The van der Waals surface area contributed by atoms with Crippen LogP contribution in [0.2, 0.25) is 0 Å². The molecule has 0 bridgehead atoms. The molecule has 2 aromatic rings. The van der Waals surface area contributed by atoms with Crippen LogP contribution in [0.5, 0.6) is 5.75 Å². The molecule has 0 aliphatic rings. The Labute approximate surface area is 117 Å². The molecule has 19 heavy (non-hydrogen) atoms. The van der Waals surface area contributed by atoms with Gasteiger partial charge in [-0.1, -0.05) is 0 Å². The molecule has 5 nitrogen and oxygen atoms in total. The summed E-state index contributed by atoms with van der Waals surface area (Å²) in [6.45, 7) is -0.137. The van der Waals surface area contributed by atoms with E-state index in [9.17, 15) is 4.39 Å². The normalized spacial score (nSPS) is 10.3. The molecule has 1 aromatic carbocycles. The van der Waals surface area contributed by atoms with Crippen molar-refractivity contribution in [2.45, 2.75) is 0 Å². The summed E-state index contributed by atoms with van der Waals surface area (Å²) in [5.74, 6) is -0.0326. The van der Waals surface area contributed by atoms with Crippen molar-refractivity contribution >= 4 is 27.6 Å². The zero-order valence-electron chi connectivity index (χ0n) is 9.81. The fraction of sp³-hybridized carbons (Fsp3) is 0.167. The van der Waals surface area contributed by atoms with Crippen LogP contribution in [0, 0.1) is 5.82 Å². The highest BCUT2D eigenvalue weighted by Gasteiger charge is 2.06. The molecule has 2 N–H and O–H groups in total. The second-order valence-electron chi connectivity index (χ2n) is 3.57. The molecule has 0 saturated heterocycles. The van der Waals surface area contributed by atoms with E-state index in [0.717, 1.165) is 4.47 Å². The van der Waals surface area contributed by atoms with E-state index >= 15 is 0 Å². The summed E-state index contributed by atoms with van der Waals surface area (Å²) in [6, 6.07) is 4.30. The Bertz CT molecular complexity index is 551. The van der Waals surface area contributed by atoms with Crippen LogP contribution in [0.1, 0.15) is 0 Å². The summed E-state index contributed by atoms with van der Waals surface area (Å²) < 4.78 is 19.3. The average molecular weight is 328 g/mol. The zero-order valence-corrected chi connectivity index (χ0v) is 11.4. The lowest BCUT2D eigenvalue weighted by Gasteiger charge is -2.09. The van der Waals surface area contributed by atoms with Gasteiger partial charge < -0.3 is 15.2 Å². The smallest absolute Gasteiger partial charge is 0.227 e. The van der Waals surface area contributed by atoms with Crippen molar-refractivity contribution in [2.24, 2.45) is 0 Å². The number of halogens is 2. The molecule has 0 radical (unpaired) electrons. The third-order valence-corrected chi connectivity index (χ3v) is 2.57. The van der Waals surface area contributed by atoms with Crippen LogP contribution in [0.4, 0.5) is 16.0 Å². The van der Waals surface area contributed by atoms with Crippen molar-refractivity contribution < 1.29 is 14.2 Å². The van der Waals surface area contributed by atoms with Gasteiger partial charge in [-0.3, -0.25) is 0 Å². The van der Waals surface area contributed by atoms with E-state index in [1.165, 1.54) is 12.1 Å². The Morgan fingerprint density at radius 3 is 2.74 bits per heavy atom. The van der Waals surface area contributed by atoms with E-state index in [0.29, 0.717) is 11.6 Å². The maximum atomic E-state index is 13.4. The van der Waals surface area contributed by atoms with Gasteiger partial charge in [0.15, 0.2) is 11.6 Å². The number of aliphatic hydroxyl groups excluding tert-OH is 1. The fourth-order valence-corrected chi connectivity index (χ4v) is 1.56. The summed E-state index contributed by atoms with van der Waals surface area (Å²) in [5, 5.41) is 11.6. The number of hydrogen-bond donors (Lipinski definition) is 2. The van der Waals surface area contributed by atoms with Crippen molar-refractivity contribution in [3.8, 4) is 5.75 Å². The number of nitrogens with zero attached hydrogens (tertiary/aromatic N) is 2. The van der Waals surface area contributed by atoms with Gasteiger partial charge in [0, 0.05) is 24.1 Å². The highest BCUT2D eigenvalue weighted by molar-refractivity contribution is 9.10. The van der Waals surface area contributed by atoms with Crippen molar-refractivity contribution in [2.75, 3.05) is 18.5 Å². The van der Waals surface area contributed by atoms with Crippen LogP contribution >= 0.6 is 15.9 Å². The molecule has 0 amide bonds. The molecule has 0 aliphatic carbocycles. The first-order valence-electron chi connectivity index (χ1n) is 5.47. The Morgan fingerprint density at radius 2 is 2.05 bits per heavy atom. The molecule has 0 unspecified atom stereocenters. The van der Waals surface area contributed by atoms with E-state index in [2.05, 4.69) is 31.2 Å². The summed E-state index contributed by atoms with van der Waals surface area (Å²) in [6.07, 6.45) is 3.20. The largest absolute Gasteiger partial charge is 0.488 e. The van der Waals surface area contributed by atoms with Crippen LogP contribution in [0.25, 0.3) is 0 Å². The molecule has 7 heteroatoms. The number of aliphatic hydroxyl groups is 1. The number of hydrogen-bond acceptors (Lipinski definition) is 5. The van der Waals surface area contributed by atoms with Crippen LogP contribution in [-0.2, 0) is 0 Å². The lowest BCUT2D eigenvalue weighted by Crippen LogP contribution is -2.04. The Morgan fingerprint density at radius 1 is 1.32 bits per heavy atom. The quantitative estimate of drug-likeness (QED) is 0.883. The monoisotopic (exact) mass is 327 g/mol. The predicted octanol–water partition coefficient (Wildman–Crippen LogP) is 2.49. The minimum atomic E-state index is -0.490. The maximum absolute atomic E-state index is 13.4. The second kappa shape index (κ2) is 6.44. The topological polar surface area (TPSA) is 67.3 Å². The number of nitrogens with one attached hydrogen (secondary N) is 1. The number of aromatic nitrogens is 2. The number of rotatable bonds is 5. The lowest BCUT2D eigenvalue weighted by molar-refractivity contribution is 0.196. The SMILES string of the molecule is OCCOc1cc(Nc2ncc(Br)cn2)ccc1F. The van der Waals surface area contributed by atoms with Gasteiger partial charge in [-0.2, -0.15) is 0 Å². The van der Waals surface area contributed by atoms with Crippen molar-refractivity contribution in [3.05, 3.63) is 40.9 Å². The molecule has 0 aliphatic heterocycles. The molecule has 0 atom stereocenters. The summed E-state index contributed by atoms with van der Waals surface area (Å²) in [5.41, 5.74) is 0.594. The first kappa shape index (κ1) is 13.7. The summed E-state index contributed by atoms with van der Waals surface area (Å²) in [7, 11) is 0. The fourth-order valence-electron chi connectivity index (χ4n) is 1.35. The van der Waals surface area contributed by atoms with E-state index in [-0.39, 0.29) is 19.0 Å². The van der Waals surface area contributed by atoms with Crippen LogP contribution in [0.15, 0.2) is 35.1 Å². The van der Waals surface area contributed by atoms with Gasteiger partial charge in [0.1, 0.15) is 6.61 Å². The van der Waals surface area contributed by atoms with E-state index < -0.39 is 5.82 Å². The van der Waals surface area contributed by atoms with Gasteiger partial charge in [0.25, 0.3) is 0 Å². The molecule has 1 heterocycles. The van der Waals surface area contributed by atoms with Gasteiger partial charge in [0.2, 0.25) is 5.95 Å². The van der Waals surface area contributed by atoms with E-state index in [1.807, 2.05) is 0 Å². The Kier molecular flexibility index (Phi) is 4.64. The molecular weight excluding hydrogens is 317 g/mol. The average Bonchev–Trinajstić information content (AvgIpc) is 2.42. The van der Waals surface area contributed by atoms with Crippen LogP contribution in [0.3, 0.4) is 0 Å². The highest BCUT2D eigenvalue weighted by Crippen LogP contribution is 2.23. The minimum Gasteiger partial charge on any atom is -0.488 e. The van der Waals surface area contributed by atoms with Crippen LogP contribution in [-0.4, -0.2) is 28.3 Å². The maximum Gasteiger partial charge on any atom is 0.227 e. The molecule has 2 rings (SSSR count). The van der Waals surface area contributed by atoms with Gasteiger partial charge in [-0.25, -0.2) is 14.4 Å². The van der Waals surface area contributed by atoms with Crippen LogP contribution < -0.4 is 10.1 Å². The standard InChI is InChI=1S/C12H11BrFN3O2/c13-8-6-15-12(16-7-8)17-9-1-2-10(14)11(5-9)19-4-3-18/h1-2,5-7,18H,3-4H2,(H,15,16,17). The highest BCUT2D eigenvalue weighted by atomic mass is 79.9. The van der Waals surface area contributed by atoms with Gasteiger partial charge in [0.05, 0.1) is 11.1 Å². The van der Waals surface area contributed by atoms with E-state index in [1.54, 1.807) is 18.5 Å². The third kappa shape index (κ3) is 3.87. The van der Waals surface area contributed by atoms with Gasteiger partial charge >= 0.3 is 0 Å². The number of anilines is 2. The molecule has 100 valence electrons. The molecular formula is C12H11BrFN3O2. The molecule has 1 aromatic heterocycles. The zero-order chi connectivity index (χ0) is 13.7. The lowest BCUT2D eigenvalue weighted by atomic mass is 10.3. The summed E-state index contributed by atoms with van der Waals surface area (Å²) >= 11 is 3.23. The molecule has 0 saturated carbocycles. The third-order valence-electron chi connectivity index (χ3n) is 2.16. The van der Waals surface area contributed by atoms with Gasteiger partial charge in [-0.05, 0) is 28.1 Å². The Hall–Kier alpha value is -1.73. The summed E-state index contributed by atoms with van der Waals surface area (Å²) in [4.78, 5) is 8.09. The Balaban J connectivity index is 2.14. The van der Waals surface area contributed by atoms with Crippen molar-refractivity contribution in [1.82, 2.24) is 9.97 Å². The number of benzene rings is 1.